The number of aromatic nitrogens is 3. The van der Waals surface area contributed by atoms with Gasteiger partial charge in [-0.1, -0.05) is 30.3 Å². The van der Waals surface area contributed by atoms with Gasteiger partial charge >= 0.3 is 0 Å². The Morgan fingerprint density at radius 2 is 2.00 bits per heavy atom. The molecule has 0 spiro atoms. The fourth-order valence-electron chi connectivity index (χ4n) is 3.79. The maximum absolute atomic E-state index is 12.6. The molecule has 0 unspecified atom stereocenters. The Kier molecular flexibility index (Phi) is 4.90. The Morgan fingerprint density at radius 3 is 2.74 bits per heavy atom. The van der Waals surface area contributed by atoms with Gasteiger partial charge in [-0.3, -0.25) is 14.8 Å². The lowest BCUT2D eigenvalue weighted by Gasteiger charge is -2.36. The highest BCUT2D eigenvalue weighted by molar-refractivity contribution is 5.97. The van der Waals surface area contributed by atoms with Gasteiger partial charge in [0.15, 0.2) is 5.65 Å². The maximum atomic E-state index is 12.6. The number of fused-ring (bicyclic) bond motifs is 1. The van der Waals surface area contributed by atoms with Gasteiger partial charge in [-0.2, -0.15) is 5.10 Å². The van der Waals surface area contributed by atoms with E-state index in [1.54, 1.807) is 6.20 Å². The predicted molar refractivity (Wildman–Crippen MR) is 106 cm³/mol. The minimum atomic E-state index is -0.0560. The van der Waals surface area contributed by atoms with Crippen molar-refractivity contribution in [1.29, 1.82) is 0 Å². The summed E-state index contributed by atoms with van der Waals surface area (Å²) in [6.07, 6.45) is 3.53. The van der Waals surface area contributed by atoms with Gasteiger partial charge in [0.05, 0.1) is 5.56 Å². The number of piperidine rings is 1. The van der Waals surface area contributed by atoms with E-state index in [2.05, 4.69) is 62.7 Å². The molecule has 1 fully saturated rings. The van der Waals surface area contributed by atoms with E-state index in [0.29, 0.717) is 17.3 Å². The van der Waals surface area contributed by atoms with Crippen LogP contribution in [-0.2, 0) is 0 Å². The van der Waals surface area contributed by atoms with Gasteiger partial charge in [-0.25, -0.2) is 4.98 Å². The zero-order chi connectivity index (χ0) is 18.8. The molecule has 2 N–H and O–H groups in total. The second kappa shape index (κ2) is 7.48. The van der Waals surface area contributed by atoms with E-state index in [0.717, 1.165) is 37.0 Å². The van der Waals surface area contributed by atoms with Crippen LogP contribution in [-0.4, -0.2) is 45.1 Å². The van der Waals surface area contributed by atoms with E-state index in [1.807, 2.05) is 13.0 Å². The van der Waals surface area contributed by atoms with Crippen molar-refractivity contribution in [2.75, 3.05) is 13.1 Å². The minimum Gasteiger partial charge on any atom is -0.349 e. The molecule has 6 heteroatoms. The smallest absolute Gasteiger partial charge is 0.253 e. The van der Waals surface area contributed by atoms with Gasteiger partial charge in [0.2, 0.25) is 0 Å². The van der Waals surface area contributed by atoms with Crippen molar-refractivity contribution >= 4 is 16.9 Å². The lowest BCUT2D eigenvalue weighted by atomic mass is 10.00. The Bertz CT molecular complexity index is 928. The van der Waals surface area contributed by atoms with Gasteiger partial charge in [-0.05, 0) is 38.3 Å². The number of amides is 1. The molecule has 1 aromatic carbocycles. The van der Waals surface area contributed by atoms with Crippen molar-refractivity contribution in [2.24, 2.45) is 0 Å². The molecule has 140 valence electrons. The monoisotopic (exact) mass is 363 g/mol. The number of carbonyl (C=O) groups excluding carboxylic acids is 1. The van der Waals surface area contributed by atoms with E-state index in [4.69, 9.17) is 0 Å². The van der Waals surface area contributed by atoms with Crippen LogP contribution in [0.4, 0.5) is 0 Å². The van der Waals surface area contributed by atoms with Crippen LogP contribution < -0.4 is 5.32 Å². The molecule has 1 amide bonds. The Balaban J connectivity index is 1.35. The van der Waals surface area contributed by atoms with Crippen LogP contribution in [0.1, 0.15) is 47.4 Å². The van der Waals surface area contributed by atoms with E-state index < -0.39 is 0 Å². The van der Waals surface area contributed by atoms with Crippen molar-refractivity contribution in [3.63, 3.8) is 0 Å². The third-order valence-electron chi connectivity index (χ3n) is 5.56. The molecule has 3 aromatic rings. The molecule has 1 aliphatic rings. The number of nitrogens with one attached hydrogen (secondary N) is 2. The van der Waals surface area contributed by atoms with Crippen LogP contribution in [0.5, 0.6) is 0 Å². The first-order chi connectivity index (χ1) is 13.1. The second-order valence-corrected chi connectivity index (χ2v) is 7.31. The van der Waals surface area contributed by atoms with Crippen molar-refractivity contribution in [3.05, 3.63) is 59.4 Å². The molecule has 0 radical (unpaired) electrons. The molecule has 6 nitrogen and oxygen atoms in total. The SMILES string of the molecule is Cc1[nH]nc2ncc(C(=O)NC3CCN([C@H](C)c4ccccc4)CC3)cc12. The molecular weight excluding hydrogens is 338 g/mol. The van der Waals surface area contributed by atoms with Crippen LogP contribution in [0.3, 0.4) is 0 Å². The molecule has 0 bridgehead atoms. The Labute approximate surface area is 159 Å². The van der Waals surface area contributed by atoms with Gasteiger partial charge in [0.25, 0.3) is 5.91 Å². The molecule has 2 aromatic heterocycles. The van der Waals surface area contributed by atoms with Crippen molar-refractivity contribution < 1.29 is 4.79 Å². The second-order valence-electron chi connectivity index (χ2n) is 7.31. The summed E-state index contributed by atoms with van der Waals surface area (Å²) in [7, 11) is 0. The van der Waals surface area contributed by atoms with E-state index in [-0.39, 0.29) is 11.9 Å². The van der Waals surface area contributed by atoms with Gasteiger partial charge in [0, 0.05) is 42.5 Å². The Hall–Kier alpha value is -2.73. The van der Waals surface area contributed by atoms with Crippen LogP contribution in [0, 0.1) is 6.92 Å². The molecule has 27 heavy (non-hydrogen) atoms. The number of benzene rings is 1. The average Bonchev–Trinajstić information content (AvgIpc) is 3.09. The van der Waals surface area contributed by atoms with E-state index in [9.17, 15) is 4.79 Å². The molecule has 0 saturated carbocycles. The van der Waals surface area contributed by atoms with E-state index >= 15 is 0 Å². The zero-order valence-electron chi connectivity index (χ0n) is 15.8. The highest BCUT2D eigenvalue weighted by Crippen LogP contribution is 2.24. The molecule has 1 aliphatic heterocycles. The summed E-state index contributed by atoms with van der Waals surface area (Å²) in [6, 6.07) is 13.1. The normalized spacial score (nSPS) is 17.1. The summed E-state index contributed by atoms with van der Waals surface area (Å²) < 4.78 is 0. The summed E-state index contributed by atoms with van der Waals surface area (Å²) in [5.41, 5.74) is 3.50. The van der Waals surface area contributed by atoms with Crippen LogP contribution in [0.25, 0.3) is 11.0 Å². The van der Waals surface area contributed by atoms with Gasteiger partial charge in [-0.15, -0.1) is 0 Å². The van der Waals surface area contributed by atoms with Crippen molar-refractivity contribution in [2.45, 2.75) is 38.8 Å². The molecule has 1 atom stereocenters. The zero-order valence-corrected chi connectivity index (χ0v) is 15.8. The third-order valence-corrected chi connectivity index (χ3v) is 5.56. The number of aromatic amines is 1. The molecular formula is C21H25N5O. The van der Waals surface area contributed by atoms with Crippen LogP contribution in [0.15, 0.2) is 42.6 Å². The number of nitrogens with zero attached hydrogens (tertiary/aromatic N) is 3. The number of pyridine rings is 1. The molecule has 4 rings (SSSR count). The summed E-state index contributed by atoms with van der Waals surface area (Å²) in [5.74, 6) is -0.0560. The summed E-state index contributed by atoms with van der Waals surface area (Å²) >= 11 is 0. The Morgan fingerprint density at radius 1 is 1.26 bits per heavy atom. The fraction of sp³-hybridized carbons (Fsp3) is 0.381. The van der Waals surface area contributed by atoms with Crippen molar-refractivity contribution in [3.8, 4) is 0 Å². The molecule has 1 saturated heterocycles. The maximum Gasteiger partial charge on any atom is 0.253 e. The number of hydrogen-bond acceptors (Lipinski definition) is 4. The number of rotatable bonds is 4. The average molecular weight is 363 g/mol. The largest absolute Gasteiger partial charge is 0.349 e. The highest BCUT2D eigenvalue weighted by Gasteiger charge is 2.25. The fourth-order valence-corrected chi connectivity index (χ4v) is 3.79. The first-order valence-electron chi connectivity index (χ1n) is 9.52. The quantitative estimate of drug-likeness (QED) is 0.746. The van der Waals surface area contributed by atoms with Crippen molar-refractivity contribution in [1.82, 2.24) is 25.4 Å². The number of hydrogen-bond donors (Lipinski definition) is 2. The first-order valence-corrected chi connectivity index (χ1v) is 9.52. The van der Waals surface area contributed by atoms with E-state index in [1.165, 1.54) is 5.56 Å². The number of carbonyl (C=O) groups is 1. The van der Waals surface area contributed by atoms with Crippen LogP contribution >= 0.6 is 0 Å². The minimum absolute atomic E-state index is 0.0560. The number of H-pyrrole nitrogens is 1. The lowest BCUT2D eigenvalue weighted by Crippen LogP contribution is -2.45. The summed E-state index contributed by atoms with van der Waals surface area (Å²) in [5, 5.41) is 11.1. The third kappa shape index (κ3) is 3.71. The predicted octanol–water partition coefficient (Wildman–Crippen LogP) is 3.22. The molecule has 3 heterocycles. The summed E-state index contributed by atoms with van der Waals surface area (Å²) in [6.45, 7) is 6.16. The topological polar surface area (TPSA) is 73.9 Å². The lowest BCUT2D eigenvalue weighted by molar-refractivity contribution is 0.0896. The summed E-state index contributed by atoms with van der Waals surface area (Å²) in [4.78, 5) is 19.4. The standard InChI is InChI=1S/C21H25N5O/c1-14-19-12-17(13-22-20(19)25-24-14)21(27)23-18-8-10-26(11-9-18)15(2)16-6-4-3-5-7-16/h3-7,12-13,15,18H,8-11H2,1-2H3,(H,23,27)(H,22,24,25)/t15-/m1/s1. The first kappa shape index (κ1) is 17.7. The van der Waals surface area contributed by atoms with Gasteiger partial charge in [0.1, 0.15) is 0 Å². The number of aryl methyl sites for hydroxylation is 1. The number of likely N-dealkylation sites (tertiary alicyclic amines) is 1. The highest BCUT2D eigenvalue weighted by atomic mass is 16.1. The molecule has 0 aliphatic carbocycles. The van der Waals surface area contributed by atoms with Gasteiger partial charge < -0.3 is 5.32 Å². The van der Waals surface area contributed by atoms with Crippen LogP contribution in [0.2, 0.25) is 0 Å².